The molecule has 2 aromatic rings. The van der Waals surface area contributed by atoms with E-state index in [1.54, 1.807) is 12.5 Å². The molecule has 5 heteroatoms. The third-order valence-corrected chi connectivity index (χ3v) is 5.68. The minimum atomic E-state index is 0.190. The molecule has 3 heterocycles. The van der Waals surface area contributed by atoms with Gasteiger partial charge in [-0.25, -0.2) is 4.98 Å². The lowest BCUT2D eigenvalue weighted by molar-refractivity contribution is 0.0664. The van der Waals surface area contributed by atoms with Crippen molar-refractivity contribution in [2.75, 3.05) is 20.1 Å². The van der Waals surface area contributed by atoms with Crippen LogP contribution in [0.4, 0.5) is 0 Å². The summed E-state index contributed by atoms with van der Waals surface area (Å²) in [6, 6.07) is 8.96. The van der Waals surface area contributed by atoms with Gasteiger partial charge in [0.05, 0.1) is 6.33 Å². The summed E-state index contributed by atoms with van der Waals surface area (Å²) >= 11 is 0. The number of carbonyl (C=O) groups excluding carboxylic acids is 1. The van der Waals surface area contributed by atoms with Crippen molar-refractivity contribution in [2.24, 2.45) is 0 Å². The minimum absolute atomic E-state index is 0.190. The highest BCUT2D eigenvalue weighted by atomic mass is 16.2. The predicted octanol–water partition coefficient (Wildman–Crippen LogP) is 2.63. The average Bonchev–Trinajstić information content (AvgIpc) is 3.35. The van der Waals surface area contributed by atoms with E-state index in [0.717, 1.165) is 43.6 Å². The molecule has 2 fully saturated rings. The van der Waals surface area contributed by atoms with Crippen molar-refractivity contribution < 1.29 is 4.79 Å². The third-order valence-electron chi connectivity index (χ3n) is 5.68. The Labute approximate surface area is 149 Å². The first-order chi connectivity index (χ1) is 12.2. The van der Waals surface area contributed by atoms with Crippen LogP contribution in [0.3, 0.4) is 0 Å². The van der Waals surface area contributed by atoms with Crippen molar-refractivity contribution in [2.45, 2.75) is 44.3 Å². The number of aromatic nitrogens is 2. The Hall–Kier alpha value is -2.14. The fourth-order valence-corrected chi connectivity index (χ4v) is 4.43. The summed E-state index contributed by atoms with van der Waals surface area (Å²) in [5.74, 6) is 0.190. The smallest absolute Gasteiger partial charge is 0.254 e. The lowest BCUT2D eigenvalue weighted by Crippen LogP contribution is -2.47. The Morgan fingerprint density at radius 2 is 2.04 bits per heavy atom. The van der Waals surface area contributed by atoms with Crippen molar-refractivity contribution in [1.29, 1.82) is 0 Å². The summed E-state index contributed by atoms with van der Waals surface area (Å²) in [6.07, 6.45) is 10.3. The van der Waals surface area contributed by atoms with Gasteiger partial charge in [-0.2, -0.15) is 0 Å². The Morgan fingerprint density at radius 3 is 2.80 bits per heavy atom. The van der Waals surface area contributed by atoms with Gasteiger partial charge in [0.1, 0.15) is 0 Å². The zero-order valence-electron chi connectivity index (χ0n) is 14.8. The summed E-state index contributed by atoms with van der Waals surface area (Å²) in [5, 5.41) is 0. The van der Waals surface area contributed by atoms with E-state index in [4.69, 9.17) is 0 Å². The number of nitrogens with zero attached hydrogens (tertiary/aromatic N) is 4. The molecule has 2 atom stereocenters. The Balaban J connectivity index is 1.51. The van der Waals surface area contributed by atoms with Gasteiger partial charge >= 0.3 is 0 Å². The molecule has 4 rings (SSSR count). The monoisotopic (exact) mass is 338 g/mol. The van der Waals surface area contributed by atoms with Crippen molar-refractivity contribution in [3.8, 4) is 0 Å². The molecule has 1 amide bonds. The number of benzene rings is 1. The highest BCUT2D eigenvalue weighted by Crippen LogP contribution is 2.30. The molecule has 132 valence electrons. The van der Waals surface area contributed by atoms with Gasteiger partial charge in [-0.15, -0.1) is 0 Å². The summed E-state index contributed by atoms with van der Waals surface area (Å²) in [7, 11) is 2.20. The SMILES string of the molecule is CN1CCCC1C1CCCN1C(=O)c1cccc(Cn2ccnc2)c1. The first-order valence-electron chi connectivity index (χ1n) is 9.28. The van der Waals surface area contributed by atoms with Crippen molar-refractivity contribution in [3.63, 3.8) is 0 Å². The first kappa shape index (κ1) is 16.3. The molecule has 2 unspecified atom stereocenters. The maximum absolute atomic E-state index is 13.2. The number of rotatable bonds is 4. The van der Waals surface area contributed by atoms with Crippen LogP contribution in [-0.2, 0) is 6.54 Å². The molecule has 0 saturated carbocycles. The van der Waals surface area contributed by atoms with Gasteiger partial charge in [0.2, 0.25) is 0 Å². The molecule has 1 aromatic carbocycles. The molecule has 0 radical (unpaired) electrons. The largest absolute Gasteiger partial charge is 0.334 e. The zero-order valence-corrected chi connectivity index (χ0v) is 14.8. The van der Waals surface area contributed by atoms with Gasteiger partial charge < -0.3 is 14.4 Å². The van der Waals surface area contributed by atoms with Crippen LogP contribution in [0, 0.1) is 0 Å². The summed E-state index contributed by atoms with van der Waals surface area (Å²) < 4.78 is 2.02. The number of likely N-dealkylation sites (N-methyl/N-ethyl adjacent to an activating group) is 1. The lowest BCUT2D eigenvalue weighted by Gasteiger charge is -2.33. The topological polar surface area (TPSA) is 41.4 Å². The molecule has 0 aliphatic carbocycles. The van der Waals surface area contributed by atoms with Gasteiger partial charge in [-0.1, -0.05) is 12.1 Å². The average molecular weight is 338 g/mol. The van der Waals surface area contributed by atoms with Crippen LogP contribution in [-0.4, -0.2) is 57.5 Å². The molecule has 25 heavy (non-hydrogen) atoms. The second-order valence-electron chi connectivity index (χ2n) is 7.33. The first-order valence-corrected chi connectivity index (χ1v) is 9.28. The van der Waals surface area contributed by atoms with Crippen LogP contribution in [0.1, 0.15) is 41.6 Å². The molecule has 2 aliphatic rings. The van der Waals surface area contributed by atoms with E-state index in [-0.39, 0.29) is 5.91 Å². The van der Waals surface area contributed by atoms with Gasteiger partial charge in [0.15, 0.2) is 0 Å². The van der Waals surface area contributed by atoms with Gasteiger partial charge in [-0.3, -0.25) is 4.79 Å². The number of hydrogen-bond donors (Lipinski definition) is 0. The highest BCUT2D eigenvalue weighted by Gasteiger charge is 2.38. The molecule has 1 aromatic heterocycles. The fraction of sp³-hybridized carbons (Fsp3) is 0.500. The minimum Gasteiger partial charge on any atom is -0.334 e. The van der Waals surface area contributed by atoms with Crippen LogP contribution in [0.2, 0.25) is 0 Å². The van der Waals surface area contributed by atoms with E-state index in [0.29, 0.717) is 12.1 Å². The summed E-state index contributed by atoms with van der Waals surface area (Å²) in [4.78, 5) is 21.8. The number of likely N-dealkylation sites (tertiary alicyclic amines) is 2. The zero-order chi connectivity index (χ0) is 17.2. The highest BCUT2D eigenvalue weighted by molar-refractivity contribution is 5.94. The molecule has 2 saturated heterocycles. The Kier molecular flexibility index (Phi) is 4.57. The van der Waals surface area contributed by atoms with Gasteiger partial charge in [0.25, 0.3) is 5.91 Å². The van der Waals surface area contributed by atoms with E-state index < -0.39 is 0 Å². The Morgan fingerprint density at radius 1 is 1.20 bits per heavy atom. The van der Waals surface area contributed by atoms with Gasteiger partial charge in [-0.05, 0) is 57.0 Å². The van der Waals surface area contributed by atoms with Crippen LogP contribution in [0.25, 0.3) is 0 Å². The van der Waals surface area contributed by atoms with Gasteiger partial charge in [0, 0.05) is 43.1 Å². The lowest BCUT2D eigenvalue weighted by atomic mass is 10.0. The van der Waals surface area contributed by atoms with E-state index >= 15 is 0 Å². The maximum atomic E-state index is 13.2. The Bertz CT molecular complexity index is 727. The third kappa shape index (κ3) is 3.33. The summed E-state index contributed by atoms with van der Waals surface area (Å²) in [5.41, 5.74) is 1.95. The fourth-order valence-electron chi connectivity index (χ4n) is 4.43. The van der Waals surface area contributed by atoms with Crippen molar-refractivity contribution in [3.05, 3.63) is 54.1 Å². The quantitative estimate of drug-likeness (QED) is 0.860. The molecular weight excluding hydrogens is 312 g/mol. The number of imidazole rings is 1. The molecular formula is C20H26N4O. The van der Waals surface area contributed by atoms with E-state index in [1.807, 2.05) is 29.0 Å². The molecule has 0 spiro atoms. The molecule has 5 nitrogen and oxygen atoms in total. The van der Waals surface area contributed by atoms with Crippen LogP contribution >= 0.6 is 0 Å². The van der Waals surface area contributed by atoms with Crippen molar-refractivity contribution in [1.82, 2.24) is 19.4 Å². The normalized spacial score (nSPS) is 24.1. The number of amides is 1. The number of hydrogen-bond acceptors (Lipinski definition) is 3. The van der Waals surface area contributed by atoms with Crippen LogP contribution in [0.5, 0.6) is 0 Å². The summed E-state index contributed by atoms with van der Waals surface area (Å²) in [6.45, 7) is 2.79. The van der Waals surface area contributed by atoms with E-state index in [9.17, 15) is 4.79 Å². The molecule has 0 N–H and O–H groups in total. The second kappa shape index (κ2) is 7.00. The second-order valence-corrected chi connectivity index (χ2v) is 7.33. The maximum Gasteiger partial charge on any atom is 0.254 e. The standard InChI is InChI=1S/C20H26N4O/c1-22-10-3-7-18(22)19-8-4-11-24(19)20(25)17-6-2-5-16(13-17)14-23-12-9-21-15-23/h2,5-6,9,12-13,15,18-19H,3-4,7-8,10-11,14H2,1H3. The number of carbonyl (C=O) groups is 1. The van der Waals surface area contributed by atoms with E-state index in [1.165, 1.54) is 12.8 Å². The van der Waals surface area contributed by atoms with E-state index in [2.05, 4.69) is 27.9 Å². The predicted molar refractivity (Wildman–Crippen MR) is 97.5 cm³/mol. The van der Waals surface area contributed by atoms with Crippen LogP contribution < -0.4 is 0 Å². The van der Waals surface area contributed by atoms with Crippen molar-refractivity contribution >= 4 is 5.91 Å². The molecule has 0 bridgehead atoms. The van der Waals surface area contributed by atoms with Crippen LogP contribution in [0.15, 0.2) is 43.0 Å². The molecule has 2 aliphatic heterocycles.